The molecule has 0 aliphatic carbocycles. The third-order valence-electron chi connectivity index (χ3n) is 4.12. The molecule has 0 spiro atoms. The summed E-state index contributed by atoms with van der Waals surface area (Å²) in [5, 5.41) is 6.85. The highest BCUT2D eigenvalue weighted by molar-refractivity contribution is 5.94. The van der Waals surface area contributed by atoms with Crippen LogP contribution in [-0.4, -0.2) is 30.3 Å². The summed E-state index contributed by atoms with van der Waals surface area (Å²) in [5.41, 5.74) is 2.39. The molecular formula is C20H21N3O4. The summed E-state index contributed by atoms with van der Waals surface area (Å²) >= 11 is 0. The zero-order valence-corrected chi connectivity index (χ0v) is 15.6. The Bertz CT molecular complexity index is 935. The number of nitrogens with one attached hydrogen (secondary N) is 1. The summed E-state index contributed by atoms with van der Waals surface area (Å²) < 4.78 is 15.8. The molecule has 3 rings (SSSR count). The van der Waals surface area contributed by atoms with Crippen molar-refractivity contribution in [2.75, 3.05) is 14.2 Å². The second kappa shape index (κ2) is 7.90. The number of aryl methyl sites for hydroxylation is 1. The minimum absolute atomic E-state index is 0.201. The Morgan fingerprint density at radius 1 is 1.07 bits per heavy atom. The molecule has 3 aromatic rings. The van der Waals surface area contributed by atoms with Crippen LogP contribution < -0.4 is 14.8 Å². The van der Waals surface area contributed by atoms with E-state index in [1.165, 1.54) is 0 Å². The van der Waals surface area contributed by atoms with Crippen LogP contribution in [-0.2, 0) is 0 Å². The van der Waals surface area contributed by atoms with E-state index in [9.17, 15) is 4.79 Å². The summed E-state index contributed by atoms with van der Waals surface area (Å²) in [6, 6.07) is 12.3. The topological polar surface area (TPSA) is 86.5 Å². The standard InChI is InChI=1S/C20H21N3O4/c1-12-5-7-14(8-6-12)19(24)21-13(2)20-22-18(23-27-20)15-9-10-16(25-3)17(11-15)26-4/h5-11,13H,1-4H3,(H,21,24)/t13-/m1/s1. The van der Waals surface area contributed by atoms with Gasteiger partial charge in [-0.15, -0.1) is 0 Å². The minimum atomic E-state index is -0.430. The molecule has 140 valence electrons. The molecule has 1 aromatic heterocycles. The smallest absolute Gasteiger partial charge is 0.251 e. The van der Waals surface area contributed by atoms with Crippen molar-refractivity contribution in [3.8, 4) is 22.9 Å². The van der Waals surface area contributed by atoms with Crippen molar-refractivity contribution < 1.29 is 18.8 Å². The van der Waals surface area contributed by atoms with Crippen LogP contribution in [0.25, 0.3) is 11.4 Å². The van der Waals surface area contributed by atoms with E-state index in [1.807, 2.05) is 25.1 Å². The number of rotatable bonds is 6. The third kappa shape index (κ3) is 4.08. The number of nitrogens with zero attached hydrogens (tertiary/aromatic N) is 2. The van der Waals surface area contributed by atoms with E-state index in [0.29, 0.717) is 28.8 Å². The molecule has 1 N–H and O–H groups in total. The Morgan fingerprint density at radius 3 is 2.44 bits per heavy atom. The molecule has 2 aromatic carbocycles. The van der Waals surface area contributed by atoms with Gasteiger partial charge in [0.15, 0.2) is 11.5 Å². The number of benzene rings is 2. The molecule has 1 heterocycles. The highest BCUT2D eigenvalue weighted by atomic mass is 16.5. The molecule has 0 saturated carbocycles. The first-order chi connectivity index (χ1) is 13.0. The first-order valence-electron chi connectivity index (χ1n) is 8.45. The number of aromatic nitrogens is 2. The fourth-order valence-electron chi connectivity index (χ4n) is 2.55. The highest BCUT2D eigenvalue weighted by Gasteiger charge is 2.19. The normalized spacial score (nSPS) is 11.7. The van der Waals surface area contributed by atoms with Crippen LogP contribution in [0.4, 0.5) is 0 Å². The van der Waals surface area contributed by atoms with Gasteiger partial charge in [-0.2, -0.15) is 4.98 Å². The number of hydrogen-bond acceptors (Lipinski definition) is 6. The fourth-order valence-corrected chi connectivity index (χ4v) is 2.55. The maximum atomic E-state index is 12.3. The van der Waals surface area contributed by atoms with Crippen molar-refractivity contribution in [2.45, 2.75) is 19.9 Å². The lowest BCUT2D eigenvalue weighted by Gasteiger charge is -2.09. The molecule has 1 amide bonds. The maximum Gasteiger partial charge on any atom is 0.251 e. The molecular weight excluding hydrogens is 346 g/mol. The molecule has 27 heavy (non-hydrogen) atoms. The monoisotopic (exact) mass is 367 g/mol. The SMILES string of the molecule is COc1ccc(-c2noc([C@@H](C)NC(=O)c3ccc(C)cc3)n2)cc1OC. The highest BCUT2D eigenvalue weighted by Crippen LogP contribution is 2.31. The maximum absolute atomic E-state index is 12.3. The summed E-state index contributed by atoms with van der Waals surface area (Å²) in [7, 11) is 3.13. The lowest BCUT2D eigenvalue weighted by atomic mass is 10.1. The number of carbonyl (C=O) groups is 1. The predicted molar refractivity (Wildman–Crippen MR) is 99.9 cm³/mol. The molecule has 0 radical (unpaired) electrons. The molecule has 0 fully saturated rings. The van der Waals surface area contributed by atoms with Gasteiger partial charge in [0.05, 0.1) is 14.2 Å². The van der Waals surface area contributed by atoms with E-state index in [4.69, 9.17) is 14.0 Å². The second-order valence-corrected chi connectivity index (χ2v) is 6.09. The molecule has 0 aliphatic rings. The van der Waals surface area contributed by atoms with Gasteiger partial charge in [-0.1, -0.05) is 22.9 Å². The molecule has 0 unspecified atom stereocenters. The van der Waals surface area contributed by atoms with Gasteiger partial charge < -0.3 is 19.3 Å². The van der Waals surface area contributed by atoms with Crippen LogP contribution in [0.2, 0.25) is 0 Å². The average Bonchev–Trinajstić information content (AvgIpc) is 3.18. The zero-order valence-electron chi connectivity index (χ0n) is 15.6. The number of ether oxygens (including phenoxy) is 2. The van der Waals surface area contributed by atoms with Gasteiger partial charge >= 0.3 is 0 Å². The quantitative estimate of drug-likeness (QED) is 0.717. The number of amides is 1. The van der Waals surface area contributed by atoms with Crippen molar-refractivity contribution >= 4 is 5.91 Å². The Hall–Kier alpha value is -3.35. The van der Waals surface area contributed by atoms with Crippen molar-refractivity contribution in [2.24, 2.45) is 0 Å². The van der Waals surface area contributed by atoms with E-state index < -0.39 is 6.04 Å². The predicted octanol–water partition coefficient (Wildman–Crippen LogP) is 3.55. The lowest BCUT2D eigenvalue weighted by molar-refractivity contribution is 0.0932. The van der Waals surface area contributed by atoms with Gasteiger partial charge in [0, 0.05) is 11.1 Å². The Labute approximate surface area is 157 Å². The van der Waals surface area contributed by atoms with E-state index in [-0.39, 0.29) is 5.91 Å². The molecule has 7 heteroatoms. The second-order valence-electron chi connectivity index (χ2n) is 6.09. The first kappa shape index (κ1) is 18.4. The summed E-state index contributed by atoms with van der Waals surface area (Å²) in [5.74, 6) is 1.71. The summed E-state index contributed by atoms with van der Waals surface area (Å²) in [6.45, 7) is 3.76. The van der Waals surface area contributed by atoms with Crippen molar-refractivity contribution in [3.05, 3.63) is 59.5 Å². The Balaban J connectivity index is 1.75. The van der Waals surface area contributed by atoms with E-state index in [0.717, 1.165) is 11.1 Å². The van der Waals surface area contributed by atoms with Crippen LogP contribution in [0.1, 0.15) is 34.8 Å². The van der Waals surface area contributed by atoms with Crippen LogP contribution in [0, 0.1) is 6.92 Å². The van der Waals surface area contributed by atoms with Crippen LogP contribution in [0.3, 0.4) is 0 Å². The third-order valence-corrected chi connectivity index (χ3v) is 4.12. The summed E-state index contributed by atoms with van der Waals surface area (Å²) in [6.07, 6.45) is 0. The van der Waals surface area contributed by atoms with Crippen molar-refractivity contribution in [3.63, 3.8) is 0 Å². The van der Waals surface area contributed by atoms with Gasteiger partial charge in [0.2, 0.25) is 11.7 Å². The Morgan fingerprint density at radius 2 is 1.78 bits per heavy atom. The van der Waals surface area contributed by atoms with Crippen molar-refractivity contribution in [1.29, 1.82) is 0 Å². The lowest BCUT2D eigenvalue weighted by Crippen LogP contribution is -2.26. The number of hydrogen-bond donors (Lipinski definition) is 1. The number of carbonyl (C=O) groups excluding carboxylic acids is 1. The molecule has 0 saturated heterocycles. The van der Waals surface area contributed by atoms with E-state index >= 15 is 0 Å². The van der Waals surface area contributed by atoms with E-state index in [2.05, 4.69) is 15.5 Å². The largest absolute Gasteiger partial charge is 0.493 e. The average molecular weight is 367 g/mol. The minimum Gasteiger partial charge on any atom is -0.493 e. The van der Waals surface area contributed by atoms with E-state index in [1.54, 1.807) is 45.4 Å². The van der Waals surface area contributed by atoms with Gasteiger partial charge in [0.1, 0.15) is 6.04 Å². The number of methoxy groups -OCH3 is 2. The van der Waals surface area contributed by atoms with Crippen LogP contribution in [0.15, 0.2) is 47.0 Å². The molecule has 1 atom stereocenters. The summed E-state index contributed by atoms with van der Waals surface area (Å²) in [4.78, 5) is 16.7. The van der Waals surface area contributed by atoms with Crippen LogP contribution in [0.5, 0.6) is 11.5 Å². The fraction of sp³-hybridized carbons (Fsp3) is 0.250. The van der Waals surface area contributed by atoms with Crippen LogP contribution >= 0.6 is 0 Å². The van der Waals surface area contributed by atoms with Gasteiger partial charge in [-0.05, 0) is 44.2 Å². The van der Waals surface area contributed by atoms with Gasteiger partial charge in [-0.3, -0.25) is 4.79 Å². The molecule has 0 bridgehead atoms. The zero-order chi connectivity index (χ0) is 19.4. The van der Waals surface area contributed by atoms with Crippen molar-refractivity contribution in [1.82, 2.24) is 15.5 Å². The van der Waals surface area contributed by atoms with Gasteiger partial charge in [-0.25, -0.2) is 0 Å². The Kier molecular flexibility index (Phi) is 5.40. The van der Waals surface area contributed by atoms with Gasteiger partial charge in [0.25, 0.3) is 5.91 Å². The first-order valence-corrected chi connectivity index (χ1v) is 8.45. The molecule has 0 aliphatic heterocycles. The molecule has 7 nitrogen and oxygen atoms in total.